The number of hydrogen-bond acceptors (Lipinski definition) is 2. The van der Waals surface area contributed by atoms with E-state index in [-0.39, 0.29) is 30.1 Å². The zero-order chi connectivity index (χ0) is 10.3. The Morgan fingerprint density at radius 2 is 2.43 bits per heavy atom. The normalized spacial score (nSPS) is 41.0. The van der Waals surface area contributed by atoms with Crippen molar-refractivity contribution in [3.63, 3.8) is 0 Å². The van der Waals surface area contributed by atoms with Crippen molar-refractivity contribution in [3.8, 4) is 0 Å². The summed E-state index contributed by atoms with van der Waals surface area (Å²) >= 11 is 0. The maximum atomic E-state index is 11.9. The maximum absolute atomic E-state index is 11.9. The summed E-state index contributed by atoms with van der Waals surface area (Å²) in [6.45, 7) is 5.83. The van der Waals surface area contributed by atoms with Crippen LogP contribution in [-0.4, -0.2) is 17.5 Å². The van der Waals surface area contributed by atoms with E-state index in [1.807, 2.05) is 6.08 Å². The fraction of sp³-hybridized carbons (Fsp3) is 0.583. The zero-order valence-electron chi connectivity index (χ0n) is 8.44. The predicted octanol–water partition coefficient (Wildman–Crippen LogP) is 1.56. The summed E-state index contributed by atoms with van der Waals surface area (Å²) in [7, 11) is 0. The van der Waals surface area contributed by atoms with Crippen molar-refractivity contribution >= 4 is 5.78 Å². The molecule has 1 unspecified atom stereocenters. The van der Waals surface area contributed by atoms with Gasteiger partial charge in [-0.3, -0.25) is 4.79 Å². The molecule has 0 amide bonds. The van der Waals surface area contributed by atoms with Crippen LogP contribution in [0.25, 0.3) is 0 Å². The minimum atomic E-state index is -0.152. The van der Waals surface area contributed by atoms with Gasteiger partial charge in [-0.15, -0.1) is 6.58 Å². The minimum Gasteiger partial charge on any atom is -0.396 e. The zero-order valence-corrected chi connectivity index (χ0v) is 8.44. The Kier molecular flexibility index (Phi) is 2.31. The van der Waals surface area contributed by atoms with Gasteiger partial charge < -0.3 is 5.11 Å². The molecule has 0 aliphatic heterocycles. The number of hydrogen-bond donors (Lipinski definition) is 1. The number of rotatable bonds is 2. The highest BCUT2D eigenvalue weighted by atomic mass is 16.3. The average molecular weight is 192 g/mol. The van der Waals surface area contributed by atoms with E-state index in [4.69, 9.17) is 0 Å². The first-order valence-electron chi connectivity index (χ1n) is 5.14. The number of ketones is 1. The molecule has 2 heteroatoms. The van der Waals surface area contributed by atoms with Gasteiger partial charge in [-0.05, 0) is 25.2 Å². The van der Waals surface area contributed by atoms with Crippen LogP contribution in [0.2, 0.25) is 0 Å². The molecule has 0 heterocycles. The average Bonchev–Trinajstić information content (AvgIpc) is 2.19. The molecular formula is C12H16O2. The van der Waals surface area contributed by atoms with Crippen LogP contribution in [0.1, 0.15) is 13.3 Å². The Morgan fingerprint density at radius 1 is 1.71 bits per heavy atom. The van der Waals surface area contributed by atoms with E-state index in [2.05, 4.69) is 19.6 Å². The summed E-state index contributed by atoms with van der Waals surface area (Å²) in [5.41, 5.74) is 1.27. The summed E-state index contributed by atoms with van der Waals surface area (Å²) in [5, 5.41) is 9.19. The van der Waals surface area contributed by atoms with Gasteiger partial charge in [0.25, 0.3) is 0 Å². The van der Waals surface area contributed by atoms with Crippen LogP contribution in [0, 0.1) is 23.7 Å². The molecule has 76 valence electrons. The summed E-state index contributed by atoms with van der Waals surface area (Å²) in [6, 6.07) is 0. The van der Waals surface area contributed by atoms with Crippen LogP contribution in [0.4, 0.5) is 0 Å². The lowest BCUT2D eigenvalue weighted by molar-refractivity contribution is -0.133. The summed E-state index contributed by atoms with van der Waals surface area (Å²) in [5.74, 6) is 0.578. The molecule has 0 spiro atoms. The van der Waals surface area contributed by atoms with Gasteiger partial charge in [0, 0.05) is 11.8 Å². The topological polar surface area (TPSA) is 37.3 Å². The smallest absolute Gasteiger partial charge is 0.146 e. The Labute approximate surface area is 84.3 Å². The van der Waals surface area contributed by atoms with Crippen LogP contribution in [-0.2, 0) is 4.79 Å². The van der Waals surface area contributed by atoms with Gasteiger partial charge in [-0.1, -0.05) is 17.7 Å². The third-order valence-electron chi connectivity index (χ3n) is 3.69. The van der Waals surface area contributed by atoms with Crippen LogP contribution >= 0.6 is 0 Å². The van der Waals surface area contributed by atoms with Crippen molar-refractivity contribution in [1.82, 2.24) is 0 Å². The van der Waals surface area contributed by atoms with Crippen LogP contribution in [0.5, 0.6) is 0 Å². The Bertz CT molecular complexity index is 303. The SMILES string of the molecule is C=C[C@@H]1C[C@@H]2C(C)=C[C@H]1C(=O)C2CO. The summed E-state index contributed by atoms with van der Waals surface area (Å²) < 4.78 is 0. The van der Waals surface area contributed by atoms with Crippen molar-refractivity contribution in [2.45, 2.75) is 13.3 Å². The molecule has 0 aromatic heterocycles. The second-order valence-corrected chi connectivity index (χ2v) is 4.37. The maximum Gasteiger partial charge on any atom is 0.146 e. The Balaban J connectivity index is 2.36. The largest absolute Gasteiger partial charge is 0.396 e. The first kappa shape index (κ1) is 9.66. The molecule has 1 fully saturated rings. The quantitative estimate of drug-likeness (QED) is 0.674. The first-order chi connectivity index (χ1) is 6.69. The molecular weight excluding hydrogens is 176 g/mol. The lowest BCUT2D eigenvalue weighted by atomic mass is 9.60. The van der Waals surface area contributed by atoms with Crippen LogP contribution < -0.4 is 0 Å². The molecule has 1 N–H and O–H groups in total. The van der Waals surface area contributed by atoms with E-state index in [1.165, 1.54) is 5.57 Å². The molecule has 14 heavy (non-hydrogen) atoms. The van der Waals surface area contributed by atoms with Gasteiger partial charge in [0.05, 0.1) is 6.61 Å². The van der Waals surface area contributed by atoms with Gasteiger partial charge in [0.1, 0.15) is 5.78 Å². The second kappa shape index (κ2) is 3.35. The van der Waals surface area contributed by atoms with Crippen molar-refractivity contribution < 1.29 is 9.90 Å². The molecule has 3 aliphatic carbocycles. The fourth-order valence-corrected chi connectivity index (χ4v) is 2.84. The third-order valence-corrected chi connectivity index (χ3v) is 3.69. The van der Waals surface area contributed by atoms with Gasteiger partial charge in [0.15, 0.2) is 0 Å². The first-order valence-corrected chi connectivity index (χ1v) is 5.14. The van der Waals surface area contributed by atoms with E-state index in [9.17, 15) is 9.90 Å². The molecule has 2 nitrogen and oxygen atoms in total. The highest BCUT2D eigenvalue weighted by Crippen LogP contribution is 2.45. The van der Waals surface area contributed by atoms with E-state index in [1.54, 1.807) is 0 Å². The number of allylic oxidation sites excluding steroid dienone is 3. The highest BCUT2D eigenvalue weighted by Gasteiger charge is 2.45. The molecule has 3 aliphatic rings. The van der Waals surface area contributed by atoms with E-state index in [0.717, 1.165) is 6.42 Å². The third kappa shape index (κ3) is 1.17. The van der Waals surface area contributed by atoms with E-state index >= 15 is 0 Å². The number of Topliss-reactive ketones (excluding diaryl/α,β-unsaturated/α-hetero) is 1. The van der Waals surface area contributed by atoms with Gasteiger partial charge in [-0.25, -0.2) is 0 Å². The van der Waals surface area contributed by atoms with Crippen LogP contribution in [0.3, 0.4) is 0 Å². The van der Waals surface area contributed by atoms with E-state index in [0.29, 0.717) is 5.92 Å². The highest BCUT2D eigenvalue weighted by molar-refractivity contribution is 5.88. The van der Waals surface area contributed by atoms with Crippen molar-refractivity contribution in [2.75, 3.05) is 6.61 Å². The Morgan fingerprint density at radius 3 is 3.00 bits per heavy atom. The lowest BCUT2D eigenvalue weighted by Crippen LogP contribution is -2.45. The second-order valence-electron chi connectivity index (χ2n) is 4.37. The molecule has 1 saturated carbocycles. The lowest BCUT2D eigenvalue weighted by Gasteiger charge is -2.43. The van der Waals surface area contributed by atoms with Crippen molar-refractivity contribution in [2.24, 2.45) is 23.7 Å². The molecule has 0 radical (unpaired) electrons. The van der Waals surface area contributed by atoms with E-state index < -0.39 is 0 Å². The molecule has 0 aromatic carbocycles. The molecule has 2 bridgehead atoms. The monoisotopic (exact) mass is 192 g/mol. The number of carbonyl (C=O) groups is 1. The molecule has 4 atom stereocenters. The molecule has 3 rings (SSSR count). The molecule has 0 saturated heterocycles. The number of fused-ring (bicyclic) bond motifs is 2. The van der Waals surface area contributed by atoms with Gasteiger partial charge >= 0.3 is 0 Å². The van der Waals surface area contributed by atoms with Gasteiger partial charge in [0.2, 0.25) is 0 Å². The summed E-state index contributed by atoms with van der Waals surface area (Å²) in [6.07, 6.45) is 4.93. The van der Waals surface area contributed by atoms with Crippen molar-refractivity contribution in [1.29, 1.82) is 0 Å². The molecule has 0 aromatic rings. The predicted molar refractivity (Wildman–Crippen MR) is 54.6 cm³/mol. The van der Waals surface area contributed by atoms with Gasteiger partial charge in [-0.2, -0.15) is 0 Å². The summed E-state index contributed by atoms with van der Waals surface area (Å²) in [4.78, 5) is 11.9. The fourth-order valence-electron chi connectivity index (χ4n) is 2.84. The van der Waals surface area contributed by atoms with Crippen LogP contribution in [0.15, 0.2) is 24.3 Å². The standard InChI is InChI=1S/C12H16O2/c1-3-8-5-9-7(2)4-10(8)12(14)11(9)6-13/h3-4,8-11,13H,1,5-6H2,2H3/t8-,9-,10-,11?/m1/s1. The Hall–Kier alpha value is -0.890. The number of carbonyl (C=O) groups excluding carboxylic acids is 1. The minimum absolute atomic E-state index is 0.00492. The van der Waals surface area contributed by atoms with Crippen molar-refractivity contribution in [3.05, 3.63) is 24.3 Å². The number of aliphatic hydroxyl groups excluding tert-OH is 1. The number of aliphatic hydroxyl groups is 1.